The van der Waals surface area contributed by atoms with Gasteiger partial charge in [0, 0.05) is 6.20 Å². The van der Waals surface area contributed by atoms with E-state index in [2.05, 4.69) is 15.3 Å². The Balaban J connectivity index is 3.01. The van der Waals surface area contributed by atoms with Crippen molar-refractivity contribution in [2.75, 3.05) is 5.32 Å². The standard InChI is InChI=1S/C12H19N3O3/c1-7-8(9(16)17)6-13-10(14-7)15-11(2,3)12(4,5)18/h6,18H,1-5H3,(H,16,17)(H,13,14,15). The van der Waals surface area contributed by atoms with Crippen molar-refractivity contribution in [2.45, 2.75) is 45.8 Å². The SMILES string of the molecule is Cc1nc(NC(C)(C)C(C)(C)O)ncc1C(=O)O. The summed E-state index contributed by atoms with van der Waals surface area (Å²) in [7, 11) is 0. The third kappa shape index (κ3) is 2.95. The molecule has 0 aliphatic carbocycles. The summed E-state index contributed by atoms with van der Waals surface area (Å²) in [5.74, 6) is -0.759. The average Bonchev–Trinajstić information content (AvgIpc) is 2.14. The van der Waals surface area contributed by atoms with E-state index in [1.54, 1.807) is 20.8 Å². The van der Waals surface area contributed by atoms with Crippen molar-refractivity contribution in [3.8, 4) is 0 Å². The van der Waals surface area contributed by atoms with Crippen LogP contribution in [0.15, 0.2) is 6.20 Å². The summed E-state index contributed by atoms with van der Waals surface area (Å²) in [6, 6.07) is 0. The molecule has 1 rings (SSSR count). The molecule has 100 valence electrons. The predicted octanol–water partition coefficient (Wildman–Crippen LogP) is 1.44. The number of carboxylic acid groups (broad SMARTS) is 1. The molecule has 0 atom stereocenters. The van der Waals surface area contributed by atoms with E-state index in [9.17, 15) is 9.90 Å². The van der Waals surface area contributed by atoms with Gasteiger partial charge in [-0.25, -0.2) is 14.8 Å². The van der Waals surface area contributed by atoms with Crippen molar-refractivity contribution in [1.82, 2.24) is 9.97 Å². The quantitative estimate of drug-likeness (QED) is 0.751. The second-order valence-electron chi connectivity index (χ2n) is 5.31. The number of nitrogens with one attached hydrogen (secondary N) is 1. The number of aromatic carboxylic acids is 1. The topological polar surface area (TPSA) is 95.3 Å². The highest BCUT2D eigenvalue weighted by atomic mass is 16.4. The number of aliphatic hydroxyl groups is 1. The van der Waals surface area contributed by atoms with E-state index < -0.39 is 17.1 Å². The van der Waals surface area contributed by atoms with Crippen LogP contribution in [0.2, 0.25) is 0 Å². The van der Waals surface area contributed by atoms with Crippen LogP contribution in [0, 0.1) is 6.92 Å². The Hall–Kier alpha value is -1.69. The van der Waals surface area contributed by atoms with Crippen molar-refractivity contribution in [3.63, 3.8) is 0 Å². The summed E-state index contributed by atoms with van der Waals surface area (Å²) in [6.07, 6.45) is 1.26. The van der Waals surface area contributed by atoms with Crippen LogP contribution in [0.4, 0.5) is 5.95 Å². The maximum Gasteiger partial charge on any atom is 0.339 e. The van der Waals surface area contributed by atoms with Crippen LogP contribution in [0.25, 0.3) is 0 Å². The van der Waals surface area contributed by atoms with Crippen LogP contribution < -0.4 is 5.32 Å². The molecular formula is C12H19N3O3. The Bertz CT molecular complexity index is 464. The molecule has 0 amide bonds. The minimum absolute atomic E-state index is 0.0709. The van der Waals surface area contributed by atoms with E-state index in [0.717, 1.165) is 0 Å². The molecule has 0 spiro atoms. The molecule has 0 saturated carbocycles. The monoisotopic (exact) mass is 253 g/mol. The zero-order chi connectivity index (χ0) is 14.1. The number of hydrogen-bond donors (Lipinski definition) is 3. The van der Waals surface area contributed by atoms with E-state index in [1.807, 2.05) is 13.8 Å². The van der Waals surface area contributed by atoms with Crippen LogP contribution in [0.1, 0.15) is 43.7 Å². The average molecular weight is 253 g/mol. The molecule has 0 fully saturated rings. The molecular weight excluding hydrogens is 234 g/mol. The van der Waals surface area contributed by atoms with Gasteiger partial charge in [-0.05, 0) is 34.6 Å². The fourth-order valence-electron chi connectivity index (χ4n) is 1.17. The lowest BCUT2D eigenvalue weighted by atomic mass is 9.86. The fourth-order valence-corrected chi connectivity index (χ4v) is 1.17. The van der Waals surface area contributed by atoms with Crippen molar-refractivity contribution < 1.29 is 15.0 Å². The predicted molar refractivity (Wildman–Crippen MR) is 67.7 cm³/mol. The minimum Gasteiger partial charge on any atom is -0.478 e. The number of hydrogen-bond acceptors (Lipinski definition) is 5. The molecule has 0 aromatic carbocycles. The lowest BCUT2D eigenvalue weighted by molar-refractivity contribution is 0.0236. The number of anilines is 1. The summed E-state index contributed by atoms with van der Waals surface area (Å²) < 4.78 is 0. The van der Waals surface area contributed by atoms with Gasteiger partial charge in [-0.3, -0.25) is 0 Å². The highest BCUT2D eigenvalue weighted by Crippen LogP contribution is 2.24. The number of aromatic nitrogens is 2. The Kier molecular flexibility index (Phi) is 3.62. The Labute approximate surface area is 106 Å². The van der Waals surface area contributed by atoms with Crippen LogP contribution >= 0.6 is 0 Å². The third-order valence-electron chi connectivity index (χ3n) is 3.16. The molecule has 0 radical (unpaired) electrons. The second kappa shape index (κ2) is 4.53. The Morgan fingerprint density at radius 1 is 1.33 bits per heavy atom. The van der Waals surface area contributed by atoms with Gasteiger partial charge in [0.2, 0.25) is 5.95 Å². The van der Waals surface area contributed by atoms with Gasteiger partial charge in [0.25, 0.3) is 0 Å². The first kappa shape index (κ1) is 14.4. The van der Waals surface area contributed by atoms with Crippen LogP contribution in [-0.2, 0) is 0 Å². The first-order chi connectivity index (χ1) is 8.04. The van der Waals surface area contributed by atoms with Gasteiger partial charge in [0.15, 0.2) is 0 Å². The molecule has 6 heteroatoms. The number of rotatable bonds is 4. The van der Waals surface area contributed by atoms with Crippen LogP contribution in [0.3, 0.4) is 0 Å². The van der Waals surface area contributed by atoms with Gasteiger partial charge in [0.1, 0.15) is 0 Å². The van der Waals surface area contributed by atoms with E-state index >= 15 is 0 Å². The van der Waals surface area contributed by atoms with Gasteiger partial charge < -0.3 is 15.5 Å². The Morgan fingerprint density at radius 3 is 2.28 bits per heavy atom. The van der Waals surface area contributed by atoms with Crippen molar-refractivity contribution >= 4 is 11.9 Å². The van der Waals surface area contributed by atoms with Crippen molar-refractivity contribution in [1.29, 1.82) is 0 Å². The number of carbonyl (C=O) groups is 1. The lowest BCUT2D eigenvalue weighted by Crippen LogP contribution is -2.51. The first-order valence-corrected chi connectivity index (χ1v) is 5.62. The molecule has 3 N–H and O–H groups in total. The largest absolute Gasteiger partial charge is 0.478 e. The molecule has 1 heterocycles. The summed E-state index contributed by atoms with van der Waals surface area (Å²) in [6.45, 7) is 8.60. The number of aryl methyl sites for hydroxylation is 1. The molecule has 6 nitrogen and oxygen atoms in total. The maximum atomic E-state index is 10.8. The zero-order valence-electron chi connectivity index (χ0n) is 11.3. The van der Waals surface area contributed by atoms with E-state index in [0.29, 0.717) is 11.6 Å². The highest BCUT2D eigenvalue weighted by Gasteiger charge is 2.35. The summed E-state index contributed by atoms with van der Waals surface area (Å²) in [5.41, 5.74) is -1.17. The van der Waals surface area contributed by atoms with Gasteiger partial charge >= 0.3 is 5.97 Å². The molecule has 1 aromatic rings. The van der Waals surface area contributed by atoms with Crippen LogP contribution in [0.5, 0.6) is 0 Å². The molecule has 0 saturated heterocycles. The smallest absolute Gasteiger partial charge is 0.339 e. The summed E-state index contributed by atoms with van der Waals surface area (Å²) >= 11 is 0. The fraction of sp³-hybridized carbons (Fsp3) is 0.583. The summed E-state index contributed by atoms with van der Waals surface area (Å²) in [5, 5.41) is 21.9. The summed E-state index contributed by atoms with van der Waals surface area (Å²) in [4.78, 5) is 18.9. The maximum absolute atomic E-state index is 10.8. The molecule has 0 aliphatic heterocycles. The molecule has 0 unspecified atom stereocenters. The van der Waals surface area contributed by atoms with Gasteiger partial charge in [-0.15, -0.1) is 0 Å². The van der Waals surface area contributed by atoms with Crippen molar-refractivity contribution in [3.05, 3.63) is 17.5 Å². The molecule has 18 heavy (non-hydrogen) atoms. The van der Waals surface area contributed by atoms with E-state index in [4.69, 9.17) is 5.11 Å². The van der Waals surface area contributed by atoms with E-state index in [1.165, 1.54) is 6.20 Å². The van der Waals surface area contributed by atoms with Gasteiger partial charge in [-0.2, -0.15) is 0 Å². The molecule has 0 aliphatic rings. The van der Waals surface area contributed by atoms with Crippen molar-refractivity contribution in [2.24, 2.45) is 0 Å². The van der Waals surface area contributed by atoms with Gasteiger partial charge in [0.05, 0.1) is 22.4 Å². The third-order valence-corrected chi connectivity index (χ3v) is 3.16. The second-order valence-corrected chi connectivity index (χ2v) is 5.31. The van der Waals surface area contributed by atoms with Crippen LogP contribution in [-0.4, -0.2) is 37.3 Å². The highest BCUT2D eigenvalue weighted by molar-refractivity contribution is 5.88. The van der Waals surface area contributed by atoms with E-state index in [-0.39, 0.29) is 5.56 Å². The van der Waals surface area contributed by atoms with Gasteiger partial charge in [-0.1, -0.05) is 0 Å². The molecule has 1 aromatic heterocycles. The zero-order valence-corrected chi connectivity index (χ0v) is 11.3. The molecule has 0 bridgehead atoms. The first-order valence-electron chi connectivity index (χ1n) is 5.62. The Morgan fingerprint density at radius 2 is 1.89 bits per heavy atom. The number of carboxylic acids is 1. The minimum atomic E-state index is -1.05. The normalized spacial score (nSPS) is 12.3. The lowest BCUT2D eigenvalue weighted by Gasteiger charge is -2.37. The number of nitrogens with zero attached hydrogens (tertiary/aromatic N) is 2.